The molecule has 0 aliphatic carbocycles. The lowest BCUT2D eigenvalue weighted by Crippen LogP contribution is -2.38. The molecule has 0 fully saturated rings. The van der Waals surface area contributed by atoms with Crippen molar-refractivity contribution in [2.24, 2.45) is 21.9 Å². The summed E-state index contributed by atoms with van der Waals surface area (Å²) in [6.07, 6.45) is -2.24. The highest BCUT2D eigenvalue weighted by atomic mass is 19.4. The molecule has 1 unspecified atom stereocenters. The summed E-state index contributed by atoms with van der Waals surface area (Å²) in [5.41, 5.74) is 6.51. The number of azo groups is 1. The lowest BCUT2D eigenvalue weighted by Gasteiger charge is -2.28. The Morgan fingerprint density at radius 3 is 2.88 bits per heavy atom. The zero-order valence-electron chi connectivity index (χ0n) is 12.5. The molecule has 0 bridgehead atoms. The van der Waals surface area contributed by atoms with E-state index in [1.54, 1.807) is 6.07 Å². The van der Waals surface area contributed by atoms with E-state index in [1.165, 1.54) is 11.1 Å². The minimum Gasteiger partial charge on any atom is -0.491 e. The Hall–Kier alpha value is -2.49. The second kappa shape index (κ2) is 6.19. The van der Waals surface area contributed by atoms with E-state index >= 15 is 0 Å². The third-order valence-corrected chi connectivity index (χ3v) is 3.70. The van der Waals surface area contributed by atoms with E-state index in [0.29, 0.717) is 24.6 Å². The molecule has 10 heteroatoms. The fraction of sp³-hybridized carbons (Fsp3) is 0.429. The van der Waals surface area contributed by atoms with E-state index < -0.39 is 18.0 Å². The lowest BCUT2D eigenvalue weighted by molar-refractivity contribution is -0.177. The summed E-state index contributed by atoms with van der Waals surface area (Å²) in [4.78, 5) is 17.2. The quantitative estimate of drug-likeness (QED) is 0.900. The number of fused-ring (bicyclic) bond motifs is 1. The van der Waals surface area contributed by atoms with E-state index in [-0.39, 0.29) is 18.8 Å². The van der Waals surface area contributed by atoms with Crippen LogP contribution in [0.1, 0.15) is 11.3 Å². The Morgan fingerprint density at radius 2 is 2.17 bits per heavy atom. The molecule has 1 amide bonds. The standard InChI is InChI=1S/C14H14F3N5O2/c15-14(16,17)12-11(5-20-21-13(12)23)22-6-8-3-9(24-2-1-18)4-19-10(8)7-22/h3-5,12H,1-2,6-7,18H2. The smallest absolute Gasteiger partial charge is 0.406 e. The number of ether oxygens (including phenoxy) is 1. The SMILES string of the molecule is NCCOc1cnc2c(c1)CN(C1=CN=NC(=O)C1C(F)(F)F)C2. The number of hydrogen-bond acceptors (Lipinski definition) is 6. The number of nitrogens with two attached hydrogens (primary N) is 1. The minimum atomic E-state index is -4.72. The summed E-state index contributed by atoms with van der Waals surface area (Å²) in [6.45, 7) is 1.01. The zero-order valence-corrected chi connectivity index (χ0v) is 12.5. The third-order valence-electron chi connectivity index (χ3n) is 3.70. The van der Waals surface area contributed by atoms with Crippen LogP contribution in [0.5, 0.6) is 5.75 Å². The van der Waals surface area contributed by atoms with E-state index in [0.717, 1.165) is 11.8 Å². The van der Waals surface area contributed by atoms with Crippen LogP contribution in [0.25, 0.3) is 0 Å². The summed E-state index contributed by atoms with van der Waals surface area (Å²) in [6, 6.07) is 1.72. The first-order valence-corrected chi connectivity index (χ1v) is 7.17. The van der Waals surface area contributed by atoms with Crippen LogP contribution >= 0.6 is 0 Å². The summed E-state index contributed by atoms with van der Waals surface area (Å²) in [7, 11) is 0. The second-order valence-electron chi connectivity index (χ2n) is 5.35. The second-order valence-corrected chi connectivity index (χ2v) is 5.35. The van der Waals surface area contributed by atoms with Crippen LogP contribution < -0.4 is 10.5 Å². The molecule has 2 aliphatic heterocycles. The van der Waals surface area contributed by atoms with Crippen LogP contribution in [-0.4, -0.2) is 35.1 Å². The highest BCUT2D eigenvalue weighted by Gasteiger charge is 2.50. The first-order valence-electron chi connectivity index (χ1n) is 7.17. The van der Waals surface area contributed by atoms with E-state index in [2.05, 4.69) is 15.2 Å². The summed E-state index contributed by atoms with van der Waals surface area (Å²) in [5.74, 6) is -3.10. The number of carbonyl (C=O) groups excluding carboxylic acids is 1. The van der Waals surface area contributed by atoms with Crippen LogP contribution in [0.3, 0.4) is 0 Å². The zero-order chi connectivity index (χ0) is 17.3. The molecule has 2 aliphatic rings. The lowest BCUT2D eigenvalue weighted by atomic mass is 10.0. The van der Waals surface area contributed by atoms with Gasteiger partial charge in [0, 0.05) is 13.1 Å². The van der Waals surface area contributed by atoms with Crippen LogP contribution in [0.4, 0.5) is 13.2 Å². The summed E-state index contributed by atoms with van der Waals surface area (Å²) in [5, 5.41) is 6.39. The molecule has 24 heavy (non-hydrogen) atoms. The molecule has 0 aromatic carbocycles. The average molecular weight is 341 g/mol. The fourth-order valence-corrected chi connectivity index (χ4v) is 2.65. The number of halogens is 3. The number of amides is 1. The van der Waals surface area contributed by atoms with Gasteiger partial charge in [-0.3, -0.25) is 9.78 Å². The van der Waals surface area contributed by atoms with Gasteiger partial charge in [0.2, 0.25) is 0 Å². The summed E-state index contributed by atoms with van der Waals surface area (Å²) >= 11 is 0. The number of hydrogen-bond donors (Lipinski definition) is 1. The van der Waals surface area contributed by atoms with Gasteiger partial charge >= 0.3 is 6.18 Å². The number of carbonyl (C=O) groups is 1. The maximum absolute atomic E-state index is 13.2. The van der Waals surface area contributed by atoms with Gasteiger partial charge in [-0.15, -0.1) is 5.11 Å². The van der Waals surface area contributed by atoms with Crippen molar-refractivity contribution in [2.75, 3.05) is 13.2 Å². The van der Waals surface area contributed by atoms with Gasteiger partial charge in [0.15, 0.2) is 5.92 Å². The van der Waals surface area contributed by atoms with Crippen LogP contribution in [-0.2, 0) is 17.9 Å². The maximum Gasteiger partial charge on any atom is 0.406 e. The normalized spacial score (nSPS) is 20.2. The van der Waals surface area contributed by atoms with E-state index in [1.807, 2.05) is 0 Å². The van der Waals surface area contributed by atoms with Crippen LogP contribution in [0.2, 0.25) is 0 Å². The predicted molar refractivity (Wildman–Crippen MR) is 75.5 cm³/mol. The van der Waals surface area contributed by atoms with E-state index in [9.17, 15) is 18.0 Å². The van der Waals surface area contributed by atoms with Crippen molar-refractivity contribution in [1.29, 1.82) is 0 Å². The first-order chi connectivity index (χ1) is 11.4. The first kappa shape index (κ1) is 16.4. The summed E-state index contributed by atoms with van der Waals surface area (Å²) < 4.78 is 44.9. The molecule has 0 saturated carbocycles. The molecule has 0 radical (unpaired) electrons. The van der Waals surface area contributed by atoms with Gasteiger partial charge in [0.1, 0.15) is 12.4 Å². The Kier molecular flexibility index (Phi) is 4.22. The number of nitrogens with zero attached hydrogens (tertiary/aromatic N) is 4. The van der Waals surface area contributed by atoms with Crippen molar-refractivity contribution in [2.45, 2.75) is 19.3 Å². The molecule has 7 nitrogen and oxygen atoms in total. The molecule has 1 aromatic rings. The minimum absolute atomic E-state index is 0.160. The van der Waals surface area contributed by atoms with Gasteiger partial charge in [-0.2, -0.15) is 18.3 Å². The molecule has 0 saturated heterocycles. The Bertz CT molecular complexity index is 717. The number of pyridine rings is 1. The Labute approximate surface area is 135 Å². The molecule has 0 spiro atoms. The van der Waals surface area contributed by atoms with Crippen molar-refractivity contribution >= 4 is 5.91 Å². The third kappa shape index (κ3) is 3.09. The maximum atomic E-state index is 13.2. The Balaban J connectivity index is 1.82. The van der Waals surface area contributed by atoms with Gasteiger partial charge < -0.3 is 15.4 Å². The van der Waals surface area contributed by atoms with Crippen molar-refractivity contribution in [3.05, 3.63) is 35.4 Å². The highest BCUT2D eigenvalue weighted by molar-refractivity contribution is 5.83. The molecule has 3 heterocycles. The molecule has 1 aromatic heterocycles. The van der Waals surface area contributed by atoms with Crippen LogP contribution in [0, 0.1) is 5.92 Å². The van der Waals surface area contributed by atoms with Crippen molar-refractivity contribution in [1.82, 2.24) is 9.88 Å². The topological polar surface area (TPSA) is 93.2 Å². The van der Waals surface area contributed by atoms with Crippen LogP contribution in [0.15, 0.2) is 34.4 Å². The van der Waals surface area contributed by atoms with Crippen molar-refractivity contribution in [3.8, 4) is 5.75 Å². The molecule has 1 atom stereocenters. The van der Waals surface area contributed by atoms with Gasteiger partial charge in [-0.05, 0) is 11.6 Å². The van der Waals surface area contributed by atoms with Gasteiger partial charge in [0.25, 0.3) is 5.91 Å². The highest BCUT2D eigenvalue weighted by Crippen LogP contribution is 2.39. The fourth-order valence-electron chi connectivity index (χ4n) is 2.65. The Morgan fingerprint density at radius 1 is 1.38 bits per heavy atom. The molecule has 3 rings (SSSR count). The molecule has 128 valence electrons. The van der Waals surface area contributed by atoms with Crippen molar-refractivity contribution < 1.29 is 22.7 Å². The number of alkyl halides is 3. The predicted octanol–water partition coefficient (Wildman–Crippen LogP) is 1.75. The van der Waals surface area contributed by atoms with Gasteiger partial charge in [-0.1, -0.05) is 0 Å². The molecular weight excluding hydrogens is 327 g/mol. The largest absolute Gasteiger partial charge is 0.491 e. The average Bonchev–Trinajstić information content (AvgIpc) is 2.94. The van der Waals surface area contributed by atoms with Gasteiger partial charge in [0.05, 0.1) is 30.3 Å². The monoisotopic (exact) mass is 341 g/mol. The van der Waals surface area contributed by atoms with Crippen molar-refractivity contribution in [3.63, 3.8) is 0 Å². The number of rotatable bonds is 4. The molecular formula is C14H14F3N5O2. The number of aromatic nitrogens is 1. The van der Waals surface area contributed by atoms with Gasteiger partial charge in [-0.25, -0.2) is 0 Å². The van der Waals surface area contributed by atoms with E-state index in [4.69, 9.17) is 10.5 Å². The molecule has 2 N–H and O–H groups in total.